The Morgan fingerprint density at radius 3 is 2.17 bits per heavy atom. The highest BCUT2D eigenvalue weighted by Gasteiger charge is 2.41. The molecule has 2 heterocycles. The fraction of sp³-hybridized carbons (Fsp3) is 0.345. The van der Waals surface area contributed by atoms with E-state index in [1.165, 1.54) is 11.2 Å². The van der Waals surface area contributed by atoms with Crippen LogP contribution in [0, 0.1) is 0 Å². The van der Waals surface area contributed by atoms with Crippen molar-refractivity contribution in [3.8, 4) is 0 Å². The maximum absolute atomic E-state index is 13.6. The van der Waals surface area contributed by atoms with Gasteiger partial charge in [0, 0.05) is 11.3 Å². The fourth-order valence-electron chi connectivity index (χ4n) is 4.43. The zero-order valence-electron chi connectivity index (χ0n) is 21.4. The molecule has 4 rings (SSSR count). The predicted molar refractivity (Wildman–Crippen MR) is 137 cm³/mol. The maximum atomic E-state index is 13.6. The first-order valence-electron chi connectivity index (χ1n) is 12.1. The molecule has 7 nitrogen and oxygen atoms in total. The summed E-state index contributed by atoms with van der Waals surface area (Å²) >= 11 is 0. The maximum Gasteiger partial charge on any atom is 0.417 e. The molecule has 2 atom stereocenters. The highest BCUT2D eigenvalue weighted by atomic mass is 16.6. The Morgan fingerprint density at radius 1 is 0.944 bits per heavy atom. The molecule has 0 N–H and O–H groups in total. The van der Waals surface area contributed by atoms with Crippen LogP contribution in [0.15, 0.2) is 83.6 Å². The SMILES string of the molecule is CC1=C(C)C(OC=C2CCC(c3ccccc3)N(C(=O)OC(C)(C)C)C2=O)N(c2ccccc2)C1=O. The zero-order valence-corrected chi connectivity index (χ0v) is 21.4. The fourth-order valence-corrected chi connectivity index (χ4v) is 4.43. The number of likely N-dealkylation sites (tertiary alicyclic amines) is 1. The van der Waals surface area contributed by atoms with Crippen LogP contribution < -0.4 is 4.90 Å². The lowest BCUT2D eigenvalue weighted by Crippen LogP contribution is -2.46. The van der Waals surface area contributed by atoms with Crippen molar-refractivity contribution < 1.29 is 23.9 Å². The van der Waals surface area contributed by atoms with Crippen molar-refractivity contribution in [3.63, 3.8) is 0 Å². The lowest BCUT2D eigenvalue weighted by Gasteiger charge is -2.36. The van der Waals surface area contributed by atoms with Crippen molar-refractivity contribution in [1.29, 1.82) is 0 Å². The standard InChI is InChI=1S/C29H32N2O5/c1-19-20(2)27(30(25(19)32)23-14-10-7-11-15-23)35-18-22-16-17-24(21-12-8-6-9-13-21)31(26(22)33)28(34)36-29(3,4)5/h6-15,18,24,27H,16-17H2,1-5H3. The van der Waals surface area contributed by atoms with Gasteiger partial charge in [-0.3, -0.25) is 14.5 Å². The Hall–Kier alpha value is -3.87. The van der Waals surface area contributed by atoms with Gasteiger partial charge in [-0.15, -0.1) is 0 Å². The number of rotatable bonds is 4. The first-order chi connectivity index (χ1) is 17.1. The number of para-hydroxylation sites is 1. The Kier molecular flexibility index (Phi) is 7.02. The van der Waals surface area contributed by atoms with Crippen LogP contribution in [0.3, 0.4) is 0 Å². The van der Waals surface area contributed by atoms with Crippen LogP contribution in [-0.2, 0) is 19.1 Å². The largest absolute Gasteiger partial charge is 0.473 e. The number of ether oxygens (including phenoxy) is 2. The van der Waals surface area contributed by atoms with Crippen LogP contribution in [0.4, 0.5) is 10.5 Å². The molecule has 3 amide bonds. The highest BCUT2D eigenvalue weighted by Crippen LogP contribution is 2.36. The monoisotopic (exact) mass is 488 g/mol. The third-order valence-electron chi connectivity index (χ3n) is 6.38. The van der Waals surface area contributed by atoms with Crippen LogP contribution in [0.25, 0.3) is 0 Å². The summed E-state index contributed by atoms with van der Waals surface area (Å²) in [6.45, 7) is 8.92. The number of carbonyl (C=O) groups is 3. The molecule has 2 aromatic carbocycles. The second-order valence-electron chi connectivity index (χ2n) is 10.1. The molecule has 2 aliphatic heterocycles. The summed E-state index contributed by atoms with van der Waals surface area (Å²) in [4.78, 5) is 42.4. The molecule has 2 unspecified atom stereocenters. The molecule has 36 heavy (non-hydrogen) atoms. The van der Waals surface area contributed by atoms with E-state index in [2.05, 4.69) is 0 Å². The minimum Gasteiger partial charge on any atom is -0.473 e. The molecule has 1 saturated heterocycles. The minimum absolute atomic E-state index is 0.142. The lowest BCUT2D eigenvalue weighted by atomic mass is 9.93. The minimum atomic E-state index is -0.754. The molecule has 2 aliphatic rings. The summed E-state index contributed by atoms with van der Waals surface area (Å²) < 4.78 is 11.7. The molecule has 0 saturated carbocycles. The number of nitrogens with zero attached hydrogens (tertiary/aromatic N) is 2. The van der Waals surface area contributed by atoms with Gasteiger partial charge in [0.2, 0.25) is 6.23 Å². The van der Waals surface area contributed by atoms with Crippen molar-refractivity contribution in [1.82, 2.24) is 4.90 Å². The number of imide groups is 1. The van der Waals surface area contributed by atoms with E-state index in [9.17, 15) is 14.4 Å². The summed E-state index contributed by atoms with van der Waals surface area (Å²) in [5.74, 6) is -0.602. The summed E-state index contributed by atoms with van der Waals surface area (Å²) in [5.41, 5.74) is 2.55. The van der Waals surface area contributed by atoms with Gasteiger partial charge in [-0.2, -0.15) is 0 Å². The molecule has 0 spiro atoms. The van der Waals surface area contributed by atoms with Crippen LogP contribution in [0.5, 0.6) is 0 Å². The van der Waals surface area contributed by atoms with Crippen LogP contribution in [0.1, 0.15) is 59.1 Å². The zero-order chi connectivity index (χ0) is 26.0. The third kappa shape index (κ3) is 5.05. The average molecular weight is 489 g/mol. The Balaban J connectivity index is 1.62. The van der Waals surface area contributed by atoms with Gasteiger partial charge < -0.3 is 9.47 Å². The summed E-state index contributed by atoms with van der Waals surface area (Å²) in [6, 6.07) is 18.3. The van der Waals surface area contributed by atoms with Crippen molar-refractivity contribution in [3.05, 3.63) is 89.2 Å². The Morgan fingerprint density at radius 2 is 1.56 bits per heavy atom. The van der Waals surface area contributed by atoms with Gasteiger partial charge in [0.1, 0.15) is 5.60 Å². The van der Waals surface area contributed by atoms with E-state index >= 15 is 0 Å². The second kappa shape index (κ2) is 10.0. The van der Waals surface area contributed by atoms with Gasteiger partial charge >= 0.3 is 6.09 Å². The van der Waals surface area contributed by atoms with Crippen LogP contribution in [-0.4, -0.2) is 34.6 Å². The van der Waals surface area contributed by atoms with Crippen LogP contribution >= 0.6 is 0 Å². The van der Waals surface area contributed by atoms with E-state index in [1.807, 2.05) is 67.6 Å². The molecule has 0 aromatic heterocycles. The smallest absolute Gasteiger partial charge is 0.417 e. The molecule has 0 aliphatic carbocycles. The normalized spacial score (nSPS) is 21.9. The third-order valence-corrected chi connectivity index (χ3v) is 6.38. The molecule has 0 radical (unpaired) electrons. The number of anilines is 1. The predicted octanol–water partition coefficient (Wildman–Crippen LogP) is 5.90. The Labute approximate surface area is 212 Å². The number of carbonyl (C=O) groups excluding carboxylic acids is 3. The van der Waals surface area contributed by atoms with Crippen molar-refractivity contribution >= 4 is 23.6 Å². The van der Waals surface area contributed by atoms with E-state index in [-0.39, 0.29) is 5.91 Å². The molecule has 1 fully saturated rings. The van der Waals surface area contributed by atoms with Gasteiger partial charge in [0.05, 0.1) is 17.9 Å². The van der Waals surface area contributed by atoms with Gasteiger partial charge in [0.25, 0.3) is 11.8 Å². The molecule has 0 bridgehead atoms. The first kappa shape index (κ1) is 25.2. The van der Waals surface area contributed by atoms with Gasteiger partial charge in [-0.05, 0) is 70.7 Å². The van der Waals surface area contributed by atoms with Gasteiger partial charge in [0.15, 0.2) is 0 Å². The molecular formula is C29H32N2O5. The van der Waals surface area contributed by atoms with E-state index in [1.54, 1.807) is 32.6 Å². The number of piperidine rings is 1. The van der Waals surface area contributed by atoms with E-state index in [0.29, 0.717) is 29.7 Å². The number of hydrogen-bond donors (Lipinski definition) is 0. The number of benzene rings is 2. The molecule has 7 heteroatoms. The molecular weight excluding hydrogens is 456 g/mol. The summed E-state index contributed by atoms with van der Waals surface area (Å²) in [7, 11) is 0. The van der Waals surface area contributed by atoms with Crippen molar-refractivity contribution in [2.45, 2.75) is 65.3 Å². The van der Waals surface area contributed by atoms with Crippen LogP contribution in [0.2, 0.25) is 0 Å². The number of hydrogen-bond acceptors (Lipinski definition) is 5. The van der Waals surface area contributed by atoms with Crippen molar-refractivity contribution in [2.24, 2.45) is 0 Å². The topological polar surface area (TPSA) is 76.2 Å². The average Bonchev–Trinajstić information content (AvgIpc) is 3.06. The lowest BCUT2D eigenvalue weighted by molar-refractivity contribution is -0.130. The van der Waals surface area contributed by atoms with Crippen molar-refractivity contribution in [2.75, 3.05) is 4.90 Å². The summed E-state index contributed by atoms with van der Waals surface area (Å²) in [5, 5.41) is 0. The number of amides is 3. The van der Waals surface area contributed by atoms with E-state index in [4.69, 9.17) is 9.47 Å². The van der Waals surface area contributed by atoms with E-state index < -0.39 is 29.9 Å². The van der Waals surface area contributed by atoms with Gasteiger partial charge in [-0.1, -0.05) is 48.5 Å². The first-order valence-corrected chi connectivity index (χ1v) is 12.1. The molecule has 2 aromatic rings. The summed E-state index contributed by atoms with van der Waals surface area (Å²) in [6.07, 6.45) is 0.981. The van der Waals surface area contributed by atoms with Gasteiger partial charge in [-0.25, -0.2) is 9.69 Å². The quantitative estimate of drug-likeness (QED) is 0.396. The highest BCUT2D eigenvalue weighted by molar-refractivity contribution is 6.09. The van der Waals surface area contributed by atoms with E-state index in [0.717, 1.165) is 11.1 Å². The Bertz CT molecular complexity index is 1210. The second-order valence-corrected chi connectivity index (χ2v) is 10.1. The molecule has 188 valence electrons.